The summed E-state index contributed by atoms with van der Waals surface area (Å²) in [5, 5.41) is 13.5. The monoisotopic (exact) mass is 299 g/mol. The molecule has 2 rings (SSSR count). The van der Waals surface area contributed by atoms with Crippen LogP contribution in [0.15, 0.2) is 29.1 Å². The van der Waals surface area contributed by atoms with Crippen molar-refractivity contribution in [1.29, 1.82) is 5.26 Å². The largest absolute Gasteiger partial charge is 0.445 e. The maximum absolute atomic E-state index is 12.4. The molecule has 0 saturated carbocycles. The Labute approximate surface area is 127 Å². The smallest absolute Gasteiger partial charge is 0.360 e. The van der Waals surface area contributed by atoms with Crippen molar-refractivity contribution in [2.24, 2.45) is 5.92 Å². The summed E-state index contributed by atoms with van der Waals surface area (Å²) in [6.07, 6.45) is 0.776. The molecule has 0 aliphatic carbocycles. The van der Waals surface area contributed by atoms with E-state index in [-0.39, 0.29) is 17.9 Å². The molecular weight excluding hydrogens is 282 g/mol. The lowest BCUT2D eigenvalue weighted by Crippen LogP contribution is -2.27. The molecule has 0 saturated heterocycles. The summed E-state index contributed by atoms with van der Waals surface area (Å²) in [7, 11) is 0. The third-order valence-electron chi connectivity index (χ3n) is 3.25. The molecule has 1 heterocycles. The first-order valence-corrected chi connectivity index (χ1v) is 7.08. The lowest BCUT2D eigenvalue weighted by molar-refractivity contribution is 0.0547. The van der Waals surface area contributed by atoms with Gasteiger partial charge < -0.3 is 4.74 Å². The second-order valence-corrected chi connectivity index (χ2v) is 5.34. The first kappa shape index (κ1) is 15.7. The molecule has 22 heavy (non-hydrogen) atoms. The van der Waals surface area contributed by atoms with Gasteiger partial charge in [-0.25, -0.2) is 9.48 Å². The highest BCUT2D eigenvalue weighted by molar-refractivity contribution is 6.02. The van der Waals surface area contributed by atoms with Gasteiger partial charge in [-0.2, -0.15) is 10.4 Å². The fourth-order valence-electron chi connectivity index (χ4n) is 2.08. The average Bonchev–Trinajstić information content (AvgIpc) is 2.52. The molecule has 0 atom stereocenters. The molecule has 1 aromatic heterocycles. The molecule has 0 bridgehead atoms. The number of fused-ring (bicyclic) bond motifs is 1. The molecule has 0 unspecified atom stereocenters. The van der Waals surface area contributed by atoms with Crippen molar-refractivity contribution >= 4 is 16.7 Å². The van der Waals surface area contributed by atoms with Crippen LogP contribution >= 0.6 is 0 Å². The first-order valence-electron chi connectivity index (χ1n) is 7.08. The maximum atomic E-state index is 12.4. The zero-order valence-electron chi connectivity index (χ0n) is 12.6. The van der Waals surface area contributed by atoms with E-state index in [1.165, 1.54) is 4.68 Å². The molecule has 1 aromatic carbocycles. The van der Waals surface area contributed by atoms with Crippen LogP contribution in [0.4, 0.5) is 0 Å². The van der Waals surface area contributed by atoms with Crippen LogP contribution in [-0.2, 0) is 11.3 Å². The van der Waals surface area contributed by atoms with Gasteiger partial charge in [-0.3, -0.25) is 4.79 Å². The number of nitriles is 1. The van der Waals surface area contributed by atoms with Crippen molar-refractivity contribution in [3.8, 4) is 6.07 Å². The molecule has 0 fully saturated rings. The average molecular weight is 299 g/mol. The van der Waals surface area contributed by atoms with Gasteiger partial charge in [0.1, 0.15) is 6.07 Å². The van der Waals surface area contributed by atoms with Crippen molar-refractivity contribution in [3.63, 3.8) is 0 Å². The van der Waals surface area contributed by atoms with Crippen molar-refractivity contribution in [1.82, 2.24) is 9.78 Å². The molecule has 0 aliphatic rings. The Kier molecular flexibility index (Phi) is 4.89. The van der Waals surface area contributed by atoms with E-state index >= 15 is 0 Å². The molecule has 6 heteroatoms. The van der Waals surface area contributed by atoms with E-state index in [1.807, 2.05) is 13.8 Å². The number of nitrogens with zero attached hydrogens (tertiary/aromatic N) is 3. The highest BCUT2D eigenvalue weighted by Crippen LogP contribution is 2.14. The van der Waals surface area contributed by atoms with Crippen LogP contribution in [0.3, 0.4) is 0 Å². The van der Waals surface area contributed by atoms with Crippen molar-refractivity contribution in [2.75, 3.05) is 6.61 Å². The molecule has 0 aliphatic heterocycles. The maximum Gasteiger partial charge on any atom is 0.360 e. The van der Waals surface area contributed by atoms with Crippen molar-refractivity contribution in [3.05, 3.63) is 40.3 Å². The second-order valence-electron chi connectivity index (χ2n) is 5.34. The molecule has 0 radical (unpaired) electrons. The molecule has 0 amide bonds. The number of hydrogen-bond donors (Lipinski definition) is 0. The van der Waals surface area contributed by atoms with Gasteiger partial charge in [0.05, 0.1) is 5.39 Å². The highest BCUT2D eigenvalue weighted by atomic mass is 16.5. The summed E-state index contributed by atoms with van der Waals surface area (Å²) in [6, 6.07) is 8.52. The van der Waals surface area contributed by atoms with Crippen molar-refractivity contribution < 1.29 is 9.53 Å². The van der Waals surface area contributed by atoms with Gasteiger partial charge in [-0.05, 0) is 18.4 Å². The van der Waals surface area contributed by atoms with Gasteiger partial charge in [0.2, 0.25) is 0 Å². The Morgan fingerprint density at radius 3 is 2.68 bits per heavy atom. The SMILES string of the molecule is CC(C)CCn1nc(C(=O)OCC#N)c2ccccc2c1=O. The number of carbonyl (C=O) groups excluding carboxylic acids is 1. The predicted octanol–water partition coefficient (Wildman–Crippen LogP) is 2.12. The minimum atomic E-state index is -0.698. The molecular formula is C16H17N3O3. The Morgan fingerprint density at radius 1 is 1.36 bits per heavy atom. The number of hydrogen-bond acceptors (Lipinski definition) is 5. The molecule has 0 N–H and O–H groups in total. The van der Waals surface area contributed by atoms with Crippen LogP contribution in [0.25, 0.3) is 10.8 Å². The van der Waals surface area contributed by atoms with E-state index in [2.05, 4.69) is 5.10 Å². The highest BCUT2D eigenvalue weighted by Gasteiger charge is 2.17. The van der Waals surface area contributed by atoms with Crippen LogP contribution in [0.2, 0.25) is 0 Å². The third kappa shape index (κ3) is 3.31. The molecule has 2 aromatic rings. The number of aryl methyl sites for hydroxylation is 1. The van der Waals surface area contributed by atoms with E-state index < -0.39 is 5.97 Å². The van der Waals surface area contributed by atoms with Gasteiger partial charge in [-0.15, -0.1) is 0 Å². The van der Waals surface area contributed by atoms with Gasteiger partial charge in [0, 0.05) is 11.9 Å². The number of benzene rings is 1. The van der Waals surface area contributed by atoms with Gasteiger partial charge >= 0.3 is 5.97 Å². The topological polar surface area (TPSA) is 85.0 Å². The van der Waals surface area contributed by atoms with E-state index in [9.17, 15) is 9.59 Å². The number of aromatic nitrogens is 2. The third-order valence-corrected chi connectivity index (χ3v) is 3.25. The van der Waals surface area contributed by atoms with E-state index in [0.717, 1.165) is 6.42 Å². The molecule has 6 nitrogen and oxygen atoms in total. The van der Waals surface area contributed by atoms with Gasteiger partial charge in [-0.1, -0.05) is 32.0 Å². The van der Waals surface area contributed by atoms with E-state index in [0.29, 0.717) is 23.2 Å². The second kappa shape index (κ2) is 6.85. The Hall–Kier alpha value is -2.68. The molecule has 114 valence electrons. The fourth-order valence-corrected chi connectivity index (χ4v) is 2.08. The lowest BCUT2D eigenvalue weighted by atomic mass is 10.1. The summed E-state index contributed by atoms with van der Waals surface area (Å²) in [6.45, 7) is 4.18. The van der Waals surface area contributed by atoms with Gasteiger partial charge in [0.15, 0.2) is 12.3 Å². The fraction of sp³-hybridized carbons (Fsp3) is 0.375. The number of carbonyl (C=O) groups is 1. The Bertz CT molecular complexity index is 787. The van der Waals surface area contributed by atoms with Crippen LogP contribution in [0.5, 0.6) is 0 Å². The summed E-state index contributed by atoms with van der Waals surface area (Å²) < 4.78 is 6.12. The lowest BCUT2D eigenvalue weighted by Gasteiger charge is -2.11. The number of rotatable bonds is 5. The van der Waals surface area contributed by atoms with Crippen LogP contribution < -0.4 is 5.56 Å². The van der Waals surface area contributed by atoms with Crippen molar-refractivity contribution in [2.45, 2.75) is 26.8 Å². The number of ether oxygens (including phenoxy) is 1. The quantitative estimate of drug-likeness (QED) is 0.789. The minimum Gasteiger partial charge on any atom is -0.445 e. The Morgan fingerprint density at radius 2 is 2.05 bits per heavy atom. The summed E-state index contributed by atoms with van der Waals surface area (Å²) in [4.78, 5) is 24.5. The molecule has 0 spiro atoms. The summed E-state index contributed by atoms with van der Waals surface area (Å²) in [5.74, 6) is -0.287. The van der Waals surface area contributed by atoms with Crippen LogP contribution in [-0.4, -0.2) is 22.4 Å². The predicted molar refractivity (Wildman–Crippen MR) is 81.4 cm³/mol. The van der Waals surface area contributed by atoms with Crippen LogP contribution in [0.1, 0.15) is 30.8 Å². The van der Waals surface area contributed by atoms with Gasteiger partial charge in [0.25, 0.3) is 5.56 Å². The summed E-state index contributed by atoms with van der Waals surface area (Å²) >= 11 is 0. The van der Waals surface area contributed by atoms with Crippen LogP contribution in [0, 0.1) is 17.2 Å². The zero-order chi connectivity index (χ0) is 16.1. The van der Waals surface area contributed by atoms with E-state index in [1.54, 1.807) is 30.3 Å². The summed E-state index contributed by atoms with van der Waals surface area (Å²) in [5.41, 5.74) is -0.165. The zero-order valence-corrected chi connectivity index (χ0v) is 12.6. The number of esters is 1. The normalized spacial score (nSPS) is 10.6. The standard InChI is InChI=1S/C16H17N3O3/c1-11(2)7-9-19-15(20)13-6-4-3-5-12(13)14(18-19)16(21)22-10-8-17/h3-6,11H,7,9-10H2,1-2H3. The minimum absolute atomic E-state index is 0.0641. The Balaban J connectivity index is 2.54. The van der Waals surface area contributed by atoms with E-state index in [4.69, 9.17) is 10.00 Å². The first-order chi connectivity index (χ1) is 10.5.